The van der Waals surface area contributed by atoms with Gasteiger partial charge >= 0.3 is 6.01 Å². The van der Waals surface area contributed by atoms with E-state index in [4.69, 9.17) is 25.2 Å². The highest BCUT2D eigenvalue weighted by molar-refractivity contribution is 5.64. The van der Waals surface area contributed by atoms with E-state index in [1.807, 2.05) is 12.1 Å². The first-order valence-electron chi connectivity index (χ1n) is 14.9. The Labute approximate surface area is 240 Å². The number of halogens is 1. The minimum absolute atomic E-state index is 0.264. The Morgan fingerprint density at radius 2 is 2.07 bits per heavy atom. The van der Waals surface area contributed by atoms with Crippen LogP contribution >= 0.6 is 0 Å². The molecule has 10 heteroatoms. The summed E-state index contributed by atoms with van der Waals surface area (Å²) in [4.78, 5) is 14.1. The number of rotatable bonds is 4. The Morgan fingerprint density at radius 1 is 1.20 bits per heavy atom. The van der Waals surface area contributed by atoms with Crippen LogP contribution in [0.1, 0.15) is 85.7 Å². The van der Waals surface area contributed by atoms with Gasteiger partial charge in [-0.1, -0.05) is 13.0 Å². The lowest BCUT2D eigenvalue weighted by Crippen LogP contribution is -2.44. The number of alkyl halides is 1. The summed E-state index contributed by atoms with van der Waals surface area (Å²) < 4.78 is 27.5. The number of anilines is 2. The van der Waals surface area contributed by atoms with E-state index in [-0.39, 0.29) is 30.1 Å². The molecule has 0 saturated carbocycles. The summed E-state index contributed by atoms with van der Waals surface area (Å²) >= 11 is 0. The van der Waals surface area contributed by atoms with E-state index in [9.17, 15) is 14.9 Å². The number of hydrogen-bond donors (Lipinski definition) is 1. The van der Waals surface area contributed by atoms with Gasteiger partial charge in [-0.3, -0.25) is 4.90 Å². The molecule has 0 amide bonds. The van der Waals surface area contributed by atoms with Crippen LogP contribution < -0.4 is 15.4 Å². The third-order valence-electron chi connectivity index (χ3n) is 10.3. The molecule has 0 radical (unpaired) electrons. The van der Waals surface area contributed by atoms with E-state index in [1.165, 1.54) is 0 Å². The van der Waals surface area contributed by atoms with E-state index in [1.54, 1.807) is 0 Å². The topological polar surface area (TPSA) is 124 Å². The maximum Gasteiger partial charge on any atom is 0.318 e. The standard InChI is InChI=1S/C31H36FN7O2/c1-19-7-9-31(27-22(19)5-6-25(35)23(27)15-34)13-26-24(17-41-31)28(39-11-2-4-21(39)14-33)37-29(36-26)40-18-30-8-3-10-38(30)16-20(32)12-30/h5-6,19-21H,2-4,7-13,16-18,35H2,1H3. The average molecular weight is 558 g/mol. The van der Waals surface area contributed by atoms with Gasteiger partial charge in [0.2, 0.25) is 0 Å². The van der Waals surface area contributed by atoms with Gasteiger partial charge in [0.25, 0.3) is 0 Å². The lowest BCUT2D eigenvalue weighted by atomic mass is 9.69. The third-order valence-corrected chi connectivity index (χ3v) is 10.3. The number of nitrogen functional groups attached to an aromatic ring is 1. The second kappa shape index (κ2) is 9.82. The van der Waals surface area contributed by atoms with Crippen LogP contribution in [0.5, 0.6) is 6.01 Å². The van der Waals surface area contributed by atoms with Crippen molar-refractivity contribution in [2.75, 3.05) is 36.9 Å². The largest absolute Gasteiger partial charge is 0.461 e. The van der Waals surface area contributed by atoms with Gasteiger partial charge in [-0.2, -0.15) is 20.5 Å². The molecule has 1 aliphatic carbocycles. The van der Waals surface area contributed by atoms with Crippen LogP contribution in [0.25, 0.3) is 0 Å². The molecule has 3 fully saturated rings. The molecule has 7 rings (SSSR count). The maximum atomic E-state index is 14.4. The summed E-state index contributed by atoms with van der Waals surface area (Å²) in [5.74, 6) is 0.977. The Hall–Kier alpha value is -3.47. The molecule has 5 heterocycles. The van der Waals surface area contributed by atoms with Crippen molar-refractivity contribution >= 4 is 11.5 Å². The summed E-state index contributed by atoms with van der Waals surface area (Å²) in [6.07, 6.45) is 5.38. The van der Waals surface area contributed by atoms with Crippen molar-refractivity contribution in [3.05, 3.63) is 40.1 Å². The first-order chi connectivity index (χ1) is 19.9. The van der Waals surface area contributed by atoms with Crippen molar-refractivity contribution in [2.24, 2.45) is 0 Å². The van der Waals surface area contributed by atoms with E-state index >= 15 is 0 Å². The fourth-order valence-corrected chi connectivity index (χ4v) is 8.13. The fourth-order valence-electron chi connectivity index (χ4n) is 8.13. The second-order valence-electron chi connectivity index (χ2n) is 12.6. The van der Waals surface area contributed by atoms with Crippen molar-refractivity contribution < 1.29 is 13.9 Å². The summed E-state index contributed by atoms with van der Waals surface area (Å²) in [5, 5.41) is 20.0. The zero-order valence-electron chi connectivity index (χ0n) is 23.5. The van der Waals surface area contributed by atoms with E-state index < -0.39 is 11.8 Å². The number of benzene rings is 1. The van der Waals surface area contributed by atoms with Gasteiger partial charge < -0.3 is 20.1 Å². The van der Waals surface area contributed by atoms with Crippen molar-refractivity contribution in [1.29, 1.82) is 10.5 Å². The Bertz CT molecular complexity index is 1470. The van der Waals surface area contributed by atoms with Gasteiger partial charge in [0.15, 0.2) is 0 Å². The molecule has 4 aliphatic heterocycles. The molecular formula is C31H36FN7O2. The molecule has 1 aromatic heterocycles. The molecule has 214 valence electrons. The molecule has 3 saturated heterocycles. The van der Waals surface area contributed by atoms with Gasteiger partial charge in [-0.05, 0) is 62.6 Å². The smallest absolute Gasteiger partial charge is 0.318 e. The highest BCUT2D eigenvalue weighted by atomic mass is 19.1. The zero-order valence-corrected chi connectivity index (χ0v) is 23.5. The highest BCUT2D eigenvalue weighted by Crippen LogP contribution is 2.51. The lowest BCUT2D eigenvalue weighted by Gasteiger charge is -2.45. The van der Waals surface area contributed by atoms with Crippen molar-refractivity contribution in [3.8, 4) is 18.1 Å². The molecule has 9 nitrogen and oxygen atoms in total. The molecule has 0 bridgehead atoms. The van der Waals surface area contributed by atoms with Gasteiger partial charge in [0.05, 0.1) is 29.5 Å². The minimum Gasteiger partial charge on any atom is -0.461 e. The van der Waals surface area contributed by atoms with Crippen LogP contribution in [0, 0.1) is 22.7 Å². The number of nitrogens with two attached hydrogens (primary N) is 1. The van der Waals surface area contributed by atoms with Crippen LogP contribution in [-0.2, 0) is 23.4 Å². The number of nitriles is 2. The Kier molecular flexibility index (Phi) is 6.33. The van der Waals surface area contributed by atoms with Gasteiger partial charge in [0.1, 0.15) is 36.3 Å². The molecule has 2 N–H and O–H groups in total. The predicted molar refractivity (Wildman–Crippen MR) is 150 cm³/mol. The van der Waals surface area contributed by atoms with Gasteiger partial charge in [-0.15, -0.1) is 0 Å². The van der Waals surface area contributed by atoms with Crippen molar-refractivity contribution in [3.63, 3.8) is 0 Å². The summed E-state index contributed by atoms with van der Waals surface area (Å²) in [6.45, 7) is 4.86. The monoisotopic (exact) mass is 557 g/mol. The first kappa shape index (κ1) is 26.4. The summed E-state index contributed by atoms with van der Waals surface area (Å²) in [6, 6.07) is 8.63. The molecule has 41 heavy (non-hydrogen) atoms. The zero-order chi connectivity index (χ0) is 28.4. The first-order valence-corrected chi connectivity index (χ1v) is 14.9. The number of hydrogen-bond acceptors (Lipinski definition) is 9. The maximum absolute atomic E-state index is 14.4. The SMILES string of the molecule is CC1CCC2(Cc3nc(OCC45CCCN4CC(F)C5)nc(N4CCCC4C#N)c3CO2)c2c1ccc(N)c2C#N. The van der Waals surface area contributed by atoms with Crippen molar-refractivity contribution in [2.45, 2.75) is 94.2 Å². The molecule has 5 unspecified atom stereocenters. The molecule has 5 atom stereocenters. The molecule has 5 aliphatic rings. The van der Waals surface area contributed by atoms with Crippen LogP contribution in [-0.4, -0.2) is 58.9 Å². The van der Waals surface area contributed by atoms with Crippen molar-refractivity contribution in [1.82, 2.24) is 14.9 Å². The van der Waals surface area contributed by atoms with E-state index in [2.05, 4.69) is 28.9 Å². The second-order valence-corrected chi connectivity index (χ2v) is 12.6. The van der Waals surface area contributed by atoms with Gasteiger partial charge in [0, 0.05) is 42.7 Å². The summed E-state index contributed by atoms with van der Waals surface area (Å²) in [5.41, 5.74) is 9.87. The van der Waals surface area contributed by atoms with E-state index in [0.717, 1.165) is 74.0 Å². The lowest BCUT2D eigenvalue weighted by molar-refractivity contribution is -0.0873. The fraction of sp³-hybridized carbons (Fsp3) is 0.613. The Balaban J connectivity index is 1.29. The highest BCUT2D eigenvalue weighted by Gasteiger charge is 2.50. The molecular weight excluding hydrogens is 521 g/mol. The average Bonchev–Trinajstić information content (AvgIpc) is 3.67. The Morgan fingerprint density at radius 3 is 2.90 bits per heavy atom. The summed E-state index contributed by atoms with van der Waals surface area (Å²) in [7, 11) is 0. The number of ether oxygens (including phenoxy) is 2. The molecule has 1 aromatic carbocycles. The quantitative estimate of drug-likeness (QED) is 0.550. The van der Waals surface area contributed by atoms with Crippen LogP contribution in [0.3, 0.4) is 0 Å². The van der Waals surface area contributed by atoms with Gasteiger partial charge in [-0.25, -0.2) is 4.39 Å². The normalized spacial score (nSPS) is 32.3. The minimum atomic E-state index is -0.840. The number of fused-ring (bicyclic) bond motifs is 4. The van der Waals surface area contributed by atoms with Crippen LogP contribution in [0.4, 0.5) is 15.9 Å². The van der Waals surface area contributed by atoms with Crippen LogP contribution in [0.15, 0.2) is 12.1 Å². The molecule has 2 aromatic rings. The molecule has 1 spiro atoms. The van der Waals surface area contributed by atoms with E-state index in [0.29, 0.717) is 43.1 Å². The van der Waals surface area contributed by atoms with Crippen LogP contribution in [0.2, 0.25) is 0 Å². The third kappa shape index (κ3) is 4.14. The predicted octanol–water partition coefficient (Wildman–Crippen LogP) is 4.24. The number of nitrogens with zero attached hydrogens (tertiary/aromatic N) is 6. The number of aromatic nitrogens is 2.